The van der Waals surface area contributed by atoms with Crippen molar-refractivity contribution in [2.45, 2.75) is 19.3 Å². The summed E-state index contributed by atoms with van der Waals surface area (Å²) in [6, 6.07) is 26.4. The number of rotatable bonds is 2. The Balaban J connectivity index is 0.000000960. The summed E-state index contributed by atoms with van der Waals surface area (Å²) >= 11 is 0. The molecular formula is C21H18Cl2Zr. The largest absolute Gasteiger partial charge is 4.00 e. The van der Waals surface area contributed by atoms with E-state index in [2.05, 4.69) is 86.6 Å². The van der Waals surface area contributed by atoms with E-state index in [0.717, 1.165) is 0 Å². The Kier molecular flexibility index (Phi) is 7.06. The molecule has 0 amide bonds. The van der Waals surface area contributed by atoms with Crippen LogP contribution in [0, 0.1) is 0 Å². The van der Waals surface area contributed by atoms with Crippen LogP contribution in [0.2, 0.25) is 0 Å². The number of benzene rings is 2. The predicted molar refractivity (Wildman–Crippen MR) is 91.2 cm³/mol. The molecule has 24 heavy (non-hydrogen) atoms. The topological polar surface area (TPSA) is 0 Å². The summed E-state index contributed by atoms with van der Waals surface area (Å²) in [7, 11) is 0. The molecule has 0 aromatic heterocycles. The van der Waals surface area contributed by atoms with E-state index in [9.17, 15) is 0 Å². The van der Waals surface area contributed by atoms with Gasteiger partial charge in [0.15, 0.2) is 0 Å². The maximum atomic E-state index is 2.33. The standard InChI is InChI=1S/C21H18.2ClH.Zr/c1-21(2,18-13-16-8-3-4-9-17(16)14-18)20-12-11-15-7-5-6-10-19(15)20;;;/h3-14H,1-2H3;2*1H;/q-2;;;+4/p-2. The van der Waals surface area contributed by atoms with Gasteiger partial charge in [-0.2, -0.15) is 12.1 Å². The molecule has 4 aromatic rings. The summed E-state index contributed by atoms with van der Waals surface area (Å²) in [5.74, 6) is 0. The van der Waals surface area contributed by atoms with Crippen molar-refractivity contribution in [2.24, 2.45) is 0 Å². The molecule has 0 aliphatic heterocycles. The summed E-state index contributed by atoms with van der Waals surface area (Å²) < 4.78 is 0. The van der Waals surface area contributed by atoms with Gasteiger partial charge in [0.1, 0.15) is 0 Å². The Labute approximate surface area is 174 Å². The van der Waals surface area contributed by atoms with Crippen molar-refractivity contribution in [1.82, 2.24) is 0 Å². The van der Waals surface area contributed by atoms with E-state index >= 15 is 0 Å². The van der Waals surface area contributed by atoms with Crippen molar-refractivity contribution in [2.75, 3.05) is 0 Å². The second-order valence-corrected chi connectivity index (χ2v) is 6.33. The first kappa shape index (κ1) is 21.2. The number of halogens is 2. The van der Waals surface area contributed by atoms with E-state index < -0.39 is 0 Å². The third-order valence-electron chi connectivity index (χ3n) is 4.69. The molecule has 0 heterocycles. The smallest absolute Gasteiger partial charge is 1.00 e. The molecule has 0 saturated carbocycles. The minimum atomic E-state index is 0. The Morgan fingerprint density at radius 1 is 0.833 bits per heavy atom. The molecule has 0 nitrogen and oxygen atoms in total. The van der Waals surface area contributed by atoms with Gasteiger partial charge >= 0.3 is 26.2 Å². The first-order valence-corrected chi connectivity index (χ1v) is 7.47. The molecule has 0 atom stereocenters. The van der Waals surface area contributed by atoms with Gasteiger partial charge in [-0.3, -0.25) is 0 Å². The van der Waals surface area contributed by atoms with Crippen molar-refractivity contribution in [3.05, 3.63) is 83.9 Å². The van der Waals surface area contributed by atoms with Crippen molar-refractivity contribution in [3.63, 3.8) is 0 Å². The van der Waals surface area contributed by atoms with Crippen molar-refractivity contribution in [1.29, 1.82) is 0 Å². The zero-order valence-corrected chi connectivity index (χ0v) is 17.7. The molecule has 0 radical (unpaired) electrons. The van der Waals surface area contributed by atoms with E-state index in [0.29, 0.717) is 0 Å². The molecule has 0 unspecified atom stereocenters. The predicted octanol–water partition coefficient (Wildman–Crippen LogP) is -0.238. The van der Waals surface area contributed by atoms with E-state index in [1.165, 1.54) is 32.7 Å². The molecule has 0 saturated heterocycles. The molecule has 0 aliphatic carbocycles. The summed E-state index contributed by atoms with van der Waals surface area (Å²) in [4.78, 5) is 0. The molecule has 0 N–H and O–H groups in total. The third kappa shape index (κ3) is 3.40. The number of hydrogen-bond donors (Lipinski definition) is 0. The summed E-state index contributed by atoms with van der Waals surface area (Å²) in [6.07, 6.45) is 0. The Bertz CT molecular complexity index is 898. The van der Waals surface area contributed by atoms with Crippen LogP contribution >= 0.6 is 0 Å². The quantitative estimate of drug-likeness (QED) is 0.384. The van der Waals surface area contributed by atoms with Gasteiger partial charge in [0.05, 0.1) is 0 Å². The van der Waals surface area contributed by atoms with Gasteiger partial charge in [-0.25, -0.2) is 0 Å². The van der Waals surface area contributed by atoms with Crippen LogP contribution in [-0.2, 0) is 31.6 Å². The van der Waals surface area contributed by atoms with Gasteiger partial charge in [0.25, 0.3) is 0 Å². The van der Waals surface area contributed by atoms with Crippen molar-refractivity contribution < 1.29 is 51.0 Å². The first-order chi connectivity index (χ1) is 10.2. The Morgan fingerprint density at radius 2 is 1.46 bits per heavy atom. The van der Waals surface area contributed by atoms with Crippen LogP contribution in [0.5, 0.6) is 0 Å². The summed E-state index contributed by atoms with van der Waals surface area (Å²) in [5.41, 5.74) is 2.82. The first-order valence-electron chi connectivity index (χ1n) is 7.47. The SMILES string of the molecule is CC(C)(c1cc2ccccc2[cH-]1)[c-]1ccc2ccccc21.[Cl-].[Cl-].[Zr+4]. The fourth-order valence-corrected chi connectivity index (χ4v) is 3.36. The van der Waals surface area contributed by atoms with Gasteiger partial charge in [-0.1, -0.05) is 26.0 Å². The molecule has 4 rings (SSSR count). The monoisotopic (exact) mass is 430 g/mol. The maximum Gasteiger partial charge on any atom is 4.00 e. The minimum Gasteiger partial charge on any atom is -1.00 e. The molecule has 0 aliphatic rings. The van der Waals surface area contributed by atoms with Gasteiger partial charge in [0, 0.05) is 0 Å². The number of fused-ring (bicyclic) bond motifs is 2. The van der Waals surface area contributed by atoms with E-state index in [1.807, 2.05) is 0 Å². The Hall–Kier alpha value is -0.877. The third-order valence-corrected chi connectivity index (χ3v) is 4.69. The van der Waals surface area contributed by atoms with Crippen LogP contribution in [0.15, 0.2) is 72.8 Å². The molecular weight excluding hydrogens is 414 g/mol. The average Bonchev–Trinajstić information content (AvgIpc) is 3.11. The van der Waals surface area contributed by atoms with Crippen LogP contribution in [0.3, 0.4) is 0 Å². The maximum absolute atomic E-state index is 2.33. The molecule has 0 spiro atoms. The molecule has 3 heteroatoms. The number of hydrogen-bond acceptors (Lipinski definition) is 0. The summed E-state index contributed by atoms with van der Waals surface area (Å²) in [6.45, 7) is 4.64. The van der Waals surface area contributed by atoms with Crippen molar-refractivity contribution >= 4 is 21.5 Å². The molecule has 0 bridgehead atoms. The fourth-order valence-electron chi connectivity index (χ4n) is 3.36. The normalized spacial score (nSPS) is 10.8. The van der Waals surface area contributed by atoms with E-state index in [-0.39, 0.29) is 56.4 Å². The van der Waals surface area contributed by atoms with Crippen molar-refractivity contribution in [3.8, 4) is 0 Å². The van der Waals surface area contributed by atoms with Crippen LogP contribution in [0.1, 0.15) is 25.0 Å². The van der Waals surface area contributed by atoms with Gasteiger partial charge in [-0.05, 0) is 5.41 Å². The van der Waals surface area contributed by atoms with E-state index in [1.54, 1.807) is 0 Å². The second kappa shape index (κ2) is 8.00. The molecule has 4 aromatic carbocycles. The van der Waals surface area contributed by atoms with E-state index in [4.69, 9.17) is 0 Å². The molecule has 120 valence electrons. The van der Waals surface area contributed by atoms with Gasteiger partial charge in [0.2, 0.25) is 0 Å². The summed E-state index contributed by atoms with van der Waals surface area (Å²) in [5, 5.41) is 5.36. The molecule has 0 fully saturated rings. The zero-order valence-electron chi connectivity index (χ0n) is 13.7. The van der Waals surface area contributed by atoms with Crippen LogP contribution in [0.25, 0.3) is 21.5 Å². The average molecular weight is 433 g/mol. The van der Waals surface area contributed by atoms with Crippen LogP contribution in [0.4, 0.5) is 0 Å². The fraction of sp³-hybridized carbons (Fsp3) is 0.143. The Morgan fingerprint density at radius 3 is 2.17 bits per heavy atom. The van der Waals surface area contributed by atoms with Gasteiger partial charge in [-0.15, -0.1) is 81.2 Å². The zero-order chi connectivity index (χ0) is 14.4. The van der Waals surface area contributed by atoms with Crippen LogP contribution < -0.4 is 24.8 Å². The van der Waals surface area contributed by atoms with Crippen LogP contribution in [-0.4, -0.2) is 0 Å². The minimum absolute atomic E-state index is 0. The van der Waals surface area contributed by atoms with Gasteiger partial charge < -0.3 is 24.8 Å². The second-order valence-electron chi connectivity index (χ2n) is 6.33.